The lowest BCUT2D eigenvalue weighted by molar-refractivity contribution is 0.0898. The van der Waals surface area contributed by atoms with Crippen LogP contribution in [0.2, 0.25) is 0 Å². The molecule has 0 saturated carbocycles. The van der Waals surface area contributed by atoms with Gasteiger partial charge in [0.15, 0.2) is 0 Å². The molecule has 0 saturated heterocycles. The highest BCUT2D eigenvalue weighted by molar-refractivity contribution is 9.10. The van der Waals surface area contributed by atoms with Crippen molar-refractivity contribution in [1.29, 1.82) is 0 Å². The molecule has 0 aliphatic rings. The number of nitrogens with one attached hydrogen (secondary N) is 1. The minimum Gasteiger partial charge on any atom is -0.495 e. The van der Waals surface area contributed by atoms with Gasteiger partial charge in [0, 0.05) is 17.7 Å². The second-order valence-corrected chi connectivity index (χ2v) is 5.80. The number of carbonyl (C=O) groups is 1. The van der Waals surface area contributed by atoms with Crippen LogP contribution in [0.1, 0.15) is 30.6 Å². The Balaban J connectivity index is 3.04. The Morgan fingerprint density at radius 2 is 1.80 bits per heavy atom. The highest BCUT2D eigenvalue weighted by Crippen LogP contribution is 2.35. The molecule has 0 aromatic heterocycles. The molecule has 1 aromatic carbocycles. The van der Waals surface area contributed by atoms with Gasteiger partial charge >= 0.3 is 0 Å². The monoisotopic (exact) mass is 345 g/mol. The topological polar surface area (TPSA) is 67.8 Å². The summed E-state index contributed by atoms with van der Waals surface area (Å²) in [4.78, 5) is 12.3. The molecule has 0 radical (unpaired) electrons. The number of halogens is 1. The van der Waals surface area contributed by atoms with E-state index in [0.29, 0.717) is 28.0 Å². The van der Waals surface area contributed by atoms with Crippen LogP contribution in [0.3, 0.4) is 0 Å². The van der Waals surface area contributed by atoms with Crippen LogP contribution in [-0.4, -0.2) is 37.4 Å². The lowest BCUT2D eigenvalue weighted by Gasteiger charge is -2.25. The first-order chi connectivity index (χ1) is 9.34. The maximum atomic E-state index is 12.3. The molecule has 0 atom stereocenters. The first-order valence-corrected chi connectivity index (χ1v) is 6.99. The van der Waals surface area contributed by atoms with E-state index in [1.54, 1.807) is 12.1 Å². The van der Waals surface area contributed by atoms with Gasteiger partial charge in [-0.05, 0) is 48.3 Å². The van der Waals surface area contributed by atoms with Crippen molar-refractivity contribution in [3.63, 3.8) is 0 Å². The van der Waals surface area contributed by atoms with Gasteiger partial charge < -0.3 is 19.9 Å². The van der Waals surface area contributed by atoms with Gasteiger partial charge in [-0.3, -0.25) is 4.79 Å². The molecule has 0 bridgehead atoms. The summed E-state index contributed by atoms with van der Waals surface area (Å²) in [6.45, 7) is 3.73. The molecule has 6 heteroatoms. The zero-order valence-electron chi connectivity index (χ0n) is 12.1. The van der Waals surface area contributed by atoms with Crippen molar-refractivity contribution >= 4 is 21.8 Å². The predicted molar refractivity (Wildman–Crippen MR) is 80.5 cm³/mol. The van der Waals surface area contributed by atoms with Crippen LogP contribution in [0.4, 0.5) is 0 Å². The number of benzene rings is 1. The molecule has 1 aromatic rings. The fraction of sp³-hybridized carbons (Fsp3) is 0.500. The van der Waals surface area contributed by atoms with E-state index >= 15 is 0 Å². The Morgan fingerprint density at radius 1 is 1.30 bits per heavy atom. The molecule has 0 fully saturated rings. The number of aliphatic hydroxyl groups excluding tert-OH is 1. The third kappa shape index (κ3) is 4.11. The van der Waals surface area contributed by atoms with E-state index in [-0.39, 0.29) is 12.5 Å². The average Bonchev–Trinajstić information content (AvgIpc) is 2.38. The number of rotatable bonds is 6. The lowest BCUT2D eigenvalue weighted by Crippen LogP contribution is -2.44. The highest BCUT2D eigenvalue weighted by atomic mass is 79.9. The lowest BCUT2D eigenvalue weighted by atomic mass is 10.0. The van der Waals surface area contributed by atoms with Gasteiger partial charge in [0.1, 0.15) is 16.0 Å². The Labute approximate surface area is 127 Å². The van der Waals surface area contributed by atoms with Crippen LogP contribution < -0.4 is 14.8 Å². The molecular formula is C14H20BrNO4. The van der Waals surface area contributed by atoms with Crippen LogP contribution in [0.5, 0.6) is 11.5 Å². The van der Waals surface area contributed by atoms with Gasteiger partial charge in [0.25, 0.3) is 5.91 Å². The van der Waals surface area contributed by atoms with Crippen LogP contribution >= 0.6 is 15.9 Å². The van der Waals surface area contributed by atoms with E-state index in [9.17, 15) is 4.79 Å². The average molecular weight is 346 g/mol. The van der Waals surface area contributed by atoms with Gasteiger partial charge in [0.2, 0.25) is 0 Å². The second-order valence-electron chi connectivity index (χ2n) is 5.01. The fourth-order valence-electron chi connectivity index (χ4n) is 1.72. The van der Waals surface area contributed by atoms with Crippen LogP contribution in [0.25, 0.3) is 0 Å². The van der Waals surface area contributed by atoms with E-state index in [2.05, 4.69) is 21.2 Å². The fourth-order valence-corrected chi connectivity index (χ4v) is 2.27. The maximum Gasteiger partial charge on any atom is 0.251 e. The molecule has 0 unspecified atom stereocenters. The van der Waals surface area contributed by atoms with E-state index in [0.717, 1.165) is 0 Å². The summed E-state index contributed by atoms with van der Waals surface area (Å²) in [7, 11) is 3.05. The second kappa shape index (κ2) is 6.95. The first kappa shape index (κ1) is 16.8. The third-order valence-corrected chi connectivity index (χ3v) is 3.68. The van der Waals surface area contributed by atoms with Crippen molar-refractivity contribution < 1.29 is 19.4 Å². The number of methoxy groups -OCH3 is 2. The Morgan fingerprint density at radius 3 is 2.20 bits per heavy atom. The predicted octanol–water partition coefficient (Wildman–Crippen LogP) is 2.36. The van der Waals surface area contributed by atoms with Crippen molar-refractivity contribution in [2.75, 3.05) is 20.8 Å². The standard InChI is InChI=1S/C14H20BrNO4/c1-14(2,5-6-17)16-13(18)9-7-10(19-3)12(15)11(8-9)20-4/h7-8,17H,5-6H2,1-4H3,(H,16,18). The summed E-state index contributed by atoms with van der Waals surface area (Å²) in [6.07, 6.45) is 0.476. The molecule has 0 aliphatic heterocycles. The zero-order valence-corrected chi connectivity index (χ0v) is 13.7. The van der Waals surface area contributed by atoms with E-state index in [4.69, 9.17) is 14.6 Å². The zero-order chi connectivity index (χ0) is 15.3. The normalized spacial score (nSPS) is 11.1. The summed E-state index contributed by atoms with van der Waals surface area (Å²) >= 11 is 3.36. The maximum absolute atomic E-state index is 12.3. The highest BCUT2D eigenvalue weighted by Gasteiger charge is 2.22. The molecule has 20 heavy (non-hydrogen) atoms. The molecule has 0 aliphatic carbocycles. The van der Waals surface area contributed by atoms with Gasteiger partial charge in [0.05, 0.1) is 14.2 Å². The summed E-state index contributed by atoms with van der Waals surface area (Å²) in [6, 6.07) is 3.27. The summed E-state index contributed by atoms with van der Waals surface area (Å²) in [5.41, 5.74) is -0.0488. The molecule has 0 heterocycles. The summed E-state index contributed by atoms with van der Waals surface area (Å²) in [5.74, 6) is 0.802. The molecule has 112 valence electrons. The molecule has 2 N–H and O–H groups in total. The number of hydrogen-bond donors (Lipinski definition) is 2. The van der Waals surface area contributed by atoms with E-state index in [1.165, 1.54) is 14.2 Å². The summed E-state index contributed by atoms with van der Waals surface area (Å²) < 4.78 is 11.1. The van der Waals surface area contributed by atoms with E-state index < -0.39 is 5.54 Å². The smallest absolute Gasteiger partial charge is 0.251 e. The van der Waals surface area contributed by atoms with Gasteiger partial charge in [-0.15, -0.1) is 0 Å². The van der Waals surface area contributed by atoms with Crippen LogP contribution in [0, 0.1) is 0 Å². The number of aliphatic hydroxyl groups is 1. The van der Waals surface area contributed by atoms with E-state index in [1.807, 2.05) is 13.8 Å². The van der Waals surface area contributed by atoms with Crippen molar-refractivity contribution in [2.45, 2.75) is 25.8 Å². The quantitative estimate of drug-likeness (QED) is 0.830. The van der Waals surface area contributed by atoms with Crippen molar-refractivity contribution in [3.8, 4) is 11.5 Å². The molecular weight excluding hydrogens is 326 g/mol. The van der Waals surface area contributed by atoms with Crippen molar-refractivity contribution in [1.82, 2.24) is 5.32 Å². The molecule has 5 nitrogen and oxygen atoms in total. The van der Waals surface area contributed by atoms with Gasteiger partial charge in [-0.2, -0.15) is 0 Å². The molecule has 0 spiro atoms. The SMILES string of the molecule is COc1cc(C(=O)NC(C)(C)CCO)cc(OC)c1Br. The minimum atomic E-state index is -0.487. The summed E-state index contributed by atoms with van der Waals surface area (Å²) in [5, 5.41) is 11.9. The minimum absolute atomic E-state index is 0.0141. The van der Waals surface area contributed by atoms with Crippen LogP contribution in [0.15, 0.2) is 16.6 Å². The van der Waals surface area contributed by atoms with Gasteiger partial charge in [-0.1, -0.05) is 0 Å². The Hall–Kier alpha value is -1.27. The number of ether oxygens (including phenoxy) is 2. The van der Waals surface area contributed by atoms with Crippen molar-refractivity contribution in [2.24, 2.45) is 0 Å². The van der Waals surface area contributed by atoms with Gasteiger partial charge in [-0.25, -0.2) is 0 Å². The van der Waals surface area contributed by atoms with Crippen LogP contribution in [-0.2, 0) is 0 Å². The number of carbonyl (C=O) groups excluding carboxylic acids is 1. The number of amides is 1. The third-order valence-electron chi connectivity index (χ3n) is 2.90. The van der Waals surface area contributed by atoms with Crippen molar-refractivity contribution in [3.05, 3.63) is 22.2 Å². The Kier molecular flexibility index (Phi) is 5.83. The molecule has 1 amide bonds. The number of hydrogen-bond acceptors (Lipinski definition) is 4. The Bertz CT molecular complexity index is 463. The largest absolute Gasteiger partial charge is 0.495 e. The molecule has 1 rings (SSSR count). The first-order valence-electron chi connectivity index (χ1n) is 6.19.